The molecule has 1 aliphatic rings. The smallest absolute Gasteiger partial charge is 0.253 e. The van der Waals surface area contributed by atoms with Gasteiger partial charge in [-0.05, 0) is 43.9 Å². The van der Waals surface area contributed by atoms with Gasteiger partial charge in [0.1, 0.15) is 0 Å². The first-order valence-corrected chi connectivity index (χ1v) is 7.98. The van der Waals surface area contributed by atoms with Crippen molar-refractivity contribution in [2.24, 2.45) is 5.92 Å². The van der Waals surface area contributed by atoms with Crippen molar-refractivity contribution in [3.05, 3.63) is 29.8 Å². The summed E-state index contributed by atoms with van der Waals surface area (Å²) in [7, 11) is 0. The van der Waals surface area contributed by atoms with Crippen LogP contribution >= 0.6 is 11.8 Å². The van der Waals surface area contributed by atoms with Gasteiger partial charge in [-0.3, -0.25) is 4.79 Å². The average Bonchev–Trinajstić information content (AvgIpc) is 2.97. The molecule has 0 N–H and O–H groups in total. The molecule has 1 atom stereocenters. The third-order valence-corrected chi connectivity index (χ3v) is 4.25. The van der Waals surface area contributed by atoms with Crippen molar-refractivity contribution in [1.29, 1.82) is 0 Å². The van der Waals surface area contributed by atoms with E-state index in [2.05, 4.69) is 0 Å². The molecule has 1 aliphatic heterocycles. The van der Waals surface area contributed by atoms with E-state index in [1.807, 2.05) is 42.3 Å². The van der Waals surface area contributed by atoms with E-state index in [0.29, 0.717) is 5.92 Å². The molecule has 0 spiro atoms. The number of rotatable bonds is 5. The van der Waals surface area contributed by atoms with E-state index >= 15 is 0 Å². The second-order valence-electron chi connectivity index (χ2n) is 4.80. The molecule has 104 valence electrons. The summed E-state index contributed by atoms with van der Waals surface area (Å²) in [5.41, 5.74) is 0.776. The topological polar surface area (TPSA) is 29.5 Å². The number of thioether (sulfide) groups is 1. The molecule has 2 rings (SSSR count). The number of carbonyl (C=O) groups excluding carboxylic acids is 1. The minimum absolute atomic E-state index is 0.127. The Morgan fingerprint density at radius 3 is 2.68 bits per heavy atom. The predicted octanol–water partition coefficient (Wildman–Crippen LogP) is 2.91. The van der Waals surface area contributed by atoms with Crippen molar-refractivity contribution in [2.75, 3.05) is 32.6 Å². The summed E-state index contributed by atoms with van der Waals surface area (Å²) in [6.45, 7) is 5.21. The molecule has 1 unspecified atom stereocenters. The highest BCUT2D eigenvalue weighted by Crippen LogP contribution is 2.18. The van der Waals surface area contributed by atoms with E-state index < -0.39 is 0 Å². The van der Waals surface area contributed by atoms with E-state index in [1.54, 1.807) is 11.8 Å². The van der Waals surface area contributed by atoms with Gasteiger partial charge in [-0.1, -0.05) is 0 Å². The summed E-state index contributed by atoms with van der Waals surface area (Å²) < 4.78 is 5.38. The molecule has 1 amide bonds. The van der Waals surface area contributed by atoms with Crippen LogP contribution in [0, 0.1) is 5.92 Å². The van der Waals surface area contributed by atoms with E-state index in [4.69, 9.17) is 4.74 Å². The van der Waals surface area contributed by atoms with Gasteiger partial charge in [-0.15, -0.1) is 11.8 Å². The van der Waals surface area contributed by atoms with Gasteiger partial charge >= 0.3 is 0 Å². The van der Waals surface area contributed by atoms with Crippen LogP contribution in [-0.2, 0) is 4.74 Å². The van der Waals surface area contributed by atoms with Crippen molar-refractivity contribution >= 4 is 17.7 Å². The van der Waals surface area contributed by atoms with Gasteiger partial charge in [0.2, 0.25) is 0 Å². The summed E-state index contributed by atoms with van der Waals surface area (Å²) in [5.74, 6) is 0.622. The summed E-state index contributed by atoms with van der Waals surface area (Å²) in [5, 5.41) is 0. The molecule has 0 radical (unpaired) electrons. The number of hydrogen-bond donors (Lipinski definition) is 0. The van der Waals surface area contributed by atoms with Gasteiger partial charge in [0.05, 0.1) is 6.61 Å². The highest BCUT2D eigenvalue weighted by atomic mass is 32.2. The second-order valence-corrected chi connectivity index (χ2v) is 5.68. The van der Waals surface area contributed by atoms with Gasteiger partial charge in [-0.2, -0.15) is 0 Å². The third kappa shape index (κ3) is 3.74. The Labute approximate surface area is 119 Å². The fourth-order valence-corrected chi connectivity index (χ4v) is 2.72. The van der Waals surface area contributed by atoms with Crippen LogP contribution in [0.15, 0.2) is 29.2 Å². The SMILES string of the molecule is CCN(CC1CCOC1)C(=O)c1ccc(SC)cc1. The maximum Gasteiger partial charge on any atom is 0.253 e. The summed E-state index contributed by atoms with van der Waals surface area (Å²) in [6, 6.07) is 7.85. The zero-order valence-corrected chi connectivity index (χ0v) is 12.4. The lowest BCUT2D eigenvalue weighted by molar-refractivity contribution is 0.0731. The molecule has 19 heavy (non-hydrogen) atoms. The largest absolute Gasteiger partial charge is 0.381 e. The van der Waals surface area contributed by atoms with Crippen LogP contribution in [0.3, 0.4) is 0 Å². The van der Waals surface area contributed by atoms with Gasteiger partial charge in [0.15, 0.2) is 0 Å². The molecule has 1 fully saturated rings. The van der Waals surface area contributed by atoms with Crippen LogP contribution in [0.4, 0.5) is 0 Å². The quantitative estimate of drug-likeness (QED) is 0.776. The first-order valence-electron chi connectivity index (χ1n) is 6.75. The Morgan fingerprint density at radius 2 is 2.16 bits per heavy atom. The summed E-state index contributed by atoms with van der Waals surface area (Å²) >= 11 is 1.69. The Balaban J connectivity index is 2.01. The fourth-order valence-electron chi connectivity index (χ4n) is 2.31. The summed E-state index contributed by atoms with van der Waals surface area (Å²) in [6.07, 6.45) is 3.10. The monoisotopic (exact) mass is 279 g/mol. The number of carbonyl (C=O) groups is 1. The molecule has 0 bridgehead atoms. The van der Waals surface area contributed by atoms with Gasteiger partial charge < -0.3 is 9.64 Å². The van der Waals surface area contributed by atoms with E-state index in [1.165, 1.54) is 4.90 Å². The maximum atomic E-state index is 12.4. The number of nitrogens with zero attached hydrogens (tertiary/aromatic N) is 1. The number of hydrogen-bond acceptors (Lipinski definition) is 3. The van der Waals surface area contributed by atoms with Crippen molar-refractivity contribution in [1.82, 2.24) is 4.90 Å². The van der Waals surface area contributed by atoms with Gasteiger partial charge in [0.25, 0.3) is 5.91 Å². The lowest BCUT2D eigenvalue weighted by Gasteiger charge is -2.23. The van der Waals surface area contributed by atoms with Gasteiger partial charge in [0, 0.05) is 36.1 Å². The molecule has 0 aromatic heterocycles. The molecule has 0 aliphatic carbocycles. The summed E-state index contributed by atoms with van der Waals surface area (Å²) in [4.78, 5) is 15.5. The zero-order chi connectivity index (χ0) is 13.7. The minimum atomic E-state index is 0.127. The Bertz CT molecular complexity index is 413. The van der Waals surface area contributed by atoms with Crippen molar-refractivity contribution in [3.8, 4) is 0 Å². The van der Waals surface area contributed by atoms with Crippen LogP contribution in [0.25, 0.3) is 0 Å². The molecule has 1 heterocycles. The van der Waals surface area contributed by atoms with Crippen LogP contribution in [0.5, 0.6) is 0 Å². The molecule has 1 aromatic carbocycles. The number of amides is 1. The Kier molecular flexibility index (Phi) is 5.28. The fraction of sp³-hybridized carbons (Fsp3) is 0.533. The number of ether oxygens (including phenoxy) is 1. The van der Waals surface area contributed by atoms with E-state index in [-0.39, 0.29) is 5.91 Å². The Morgan fingerprint density at radius 1 is 1.42 bits per heavy atom. The van der Waals surface area contributed by atoms with E-state index in [9.17, 15) is 4.79 Å². The normalized spacial score (nSPS) is 18.5. The molecular formula is C15H21NO2S. The molecule has 1 aromatic rings. The molecule has 1 saturated heterocycles. The maximum absolute atomic E-state index is 12.4. The van der Waals surface area contributed by atoms with Crippen molar-refractivity contribution in [3.63, 3.8) is 0 Å². The molecule has 3 nitrogen and oxygen atoms in total. The van der Waals surface area contributed by atoms with Crippen LogP contribution in [-0.4, -0.2) is 43.4 Å². The lowest BCUT2D eigenvalue weighted by atomic mass is 10.1. The molecule has 0 saturated carbocycles. The highest BCUT2D eigenvalue weighted by molar-refractivity contribution is 7.98. The van der Waals surface area contributed by atoms with Crippen molar-refractivity contribution < 1.29 is 9.53 Å². The van der Waals surface area contributed by atoms with Gasteiger partial charge in [-0.25, -0.2) is 0 Å². The van der Waals surface area contributed by atoms with Crippen LogP contribution < -0.4 is 0 Å². The first-order chi connectivity index (χ1) is 9.24. The predicted molar refractivity (Wildman–Crippen MR) is 78.7 cm³/mol. The average molecular weight is 279 g/mol. The van der Waals surface area contributed by atoms with E-state index in [0.717, 1.165) is 38.3 Å². The zero-order valence-electron chi connectivity index (χ0n) is 11.6. The second kappa shape index (κ2) is 6.96. The standard InChI is InChI=1S/C15H21NO2S/c1-3-16(10-12-8-9-18-11-12)15(17)13-4-6-14(19-2)7-5-13/h4-7,12H,3,8-11H2,1-2H3. The van der Waals surface area contributed by atoms with Crippen LogP contribution in [0.1, 0.15) is 23.7 Å². The molecular weight excluding hydrogens is 258 g/mol. The van der Waals surface area contributed by atoms with Crippen LogP contribution in [0.2, 0.25) is 0 Å². The van der Waals surface area contributed by atoms with Crippen molar-refractivity contribution in [2.45, 2.75) is 18.2 Å². The lowest BCUT2D eigenvalue weighted by Crippen LogP contribution is -2.35. The first kappa shape index (κ1) is 14.4. The molecule has 4 heteroatoms. The Hall–Kier alpha value is -1.00. The third-order valence-electron chi connectivity index (χ3n) is 3.51. The highest BCUT2D eigenvalue weighted by Gasteiger charge is 2.22. The minimum Gasteiger partial charge on any atom is -0.381 e. The number of benzene rings is 1.